The van der Waals surface area contributed by atoms with Crippen LogP contribution in [0.15, 0.2) is 23.1 Å². The highest BCUT2D eigenvalue weighted by atomic mass is 32.2. The first-order valence-corrected chi connectivity index (χ1v) is 7.59. The number of nitrogens with one attached hydrogen (secondary N) is 1. The summed E-state index contributed by atoms with van der Waals surface area (Å²) in [4.78, 5) is -0.925. The summed E-state index contributed by atoms with van der Waals surface area (Å²) in [6.45, 7) is 1.71. The molecule has 8 heteroatoms. The van der Waals surface area contributed by atoms with E-state index in [0.29, 0.717) is 19.7 Å². The van der Waals surface area contributed by atoms with Crippen LogP contribution < -0.4 is 5.32 Å². The Morgan fingerprint density at radius 2 is 2.05 bits per heavy atom. The maximum atomic E-state index is 13.6. The zero-order valence-electron chi connectivity index (χ0n) is 11.0. The molecule has 1 unspecified atom stereocenters. The van der Waals surface area contributed by atoms with Gasteiger partial charge in [0.25, 0.3) is 0 Å². The highest BCUT2D eigenvalue weighted by Crippen LogP contribution is 2.22. The van der Waals surface area contributed by atoms with Crippen LogP contribution in [0, 0.1) is 11.6 Å². The third kappa shape index (κ3) is 3.14. The van der Waals surface area contributed by atoms with Crippen molar-refractivity contribution in [2.24, 2.45) is 0 Å². The van der Waals surface area contributed by atoms with Crippen molar-refractivity contribution in [3.63, 3.8) is 0 Å². The lowest BCUT2D eigenvalue weighted by Gasteiger charge is -2.27. The van der Waals surface area contributed by atoms with E-state index in [4.69, 9.17) is 4.74 Å². The molecular formula is C12H16F2N2O3S. The van der Waals surface area contributed by atoms with Crippen molar-refractivity contribution in [3.8, 4) is 0 Å². The van der Waals surface area contributed by atoms with Crippen LogP contribution in [0.5, 0.6) is 0 Å². The molecule has 1 aromatic rings. The molecular weight excluding hydrogens is 290 g/mol. The van der Waals surface area contributed by atoms with E-state index in [0.717, 1.165) is 22.5 Å². The van der Waals surface area contributed by atoms with Crippen LogP contribution in [0.1, 0.15) is 0 Å². The number of hydrogen-bond acceptors (Lipinski definition) is 4. The SMILES string of the molecule is CN(CC1CNCCO1)S(=O)(=O)c1c(F)cccc1F. The number of nitrogens with zero attached hydrogens (tertiary/aromatic N) is 1. The smallest absolute Gasteiger partial charge is 0.248 e. The standard InChI is InChI=1S/C12H16F2N2O3S/c1-16(8-9-7-15-5-6-19-9)20(17,18)12-10(13)3-2-4-11(12)14/h2-4,9,15H,5-8H2,1H3. The van der Waals surface area contributed by atoms with Crippen LogP contribution in [0.3, 0.4) is 0 Å². The summed E-state index contributed by atoms with van der Waals surface area (Å²) in [7, 11) is -2.95. The third-order valence-electron chi connectivity index (χ3n) is 3.05. The van der Waals surface area contributed by atoms with Gasteiger partial charge < -0.3 is 10.1 Å². The lowest BCUT2D eigenvalue weighted by atomic mass is 10.3. The maximum absolute atomic E-state index is 13.6. The van der Waals surface area contributed by atoms with Crippen LogP contribution in [0.25, 0.3) is 0 Å². The zero-order chi connectivity index (χ0) is 14.8. The predicted octanol–water partition coefficient (Wildman–Crippen LogP) is 0.574. The molecule has 1 aliphatic heterocycles. The summed E-state index contributed by atoms with van der Waals surface area (Å²) in [6, 6.07) is 2.96. The molecule has 0 amide bonds. The van der Waals surface area contributed by atoms with E-state index >= 15 is 0 Å². The van der Waals surface area contributed by atoms with E-state index in [9.17, 15) is 17.2 Å². The maximum Gasteiger partial charge on any atom is 0.248 e. The molecule has 1 fully saturated rings. The molecule has 0 saturated carbocycles. The lowest BCUT2D eigenvalue weighted by Crippen LogP contribution is -2.45. The van der Waals surface area contributed by atoms with Gasteiger partial charge >= 0.3 is 0 Å². The molecule has 0 radical (unpaired) electrons. The number of rotatable bonds is 4. The van der Waals surface area contributed by atoms with Gasteiger partial charge in [-0.25, -0.2) is 17.2 Å². The van der Waals surface area contributed by atoms with Crippen LogP contribution in [-0.2, 0) is 14.8 Å². The van der Waals surface area contributed by atoms with Gasteiger partial charge in [0.15, 0.2) is 4.90 Å². The van der Waals surface area contributed by atoms with E-state index in [1.54, 1.807) is 0 Å². The molecule has 1 aliphatic rings. The van der Waals surface area contributed by atoms with Gasteiger partial charge in [-0.05, 0) is 12.1 Å². The average Bonchev–Trinajstić information content (AvgIpc) is 2.39. The molecule has 2 rings (SSSR count). The van der Waals surface area contributed by atoms with E-state index in [1.807, 2.05) is 0 Å². The number of halogens is 2. The van der Waals surface area contributed by atoms with Crippen LogP contribution in [0.2, 0.25) is 0 Å². The zero-order valence-corrected chi connectivity index (χ0v) is 11.8. The molecule has 1 N–H and O–H groups in total. The molecule has 0 bridgehead atoms. The summed E-state index contributed by atoms with van der Waals surface area (Å²) in [5.74, 6) is -2.20. The Bertz CT molecular complexity index is 554. The van der Waals surface area contributed by atoms with E-state index in [1.165, 1.54) is 7.05 Å². The highest BCUT2D eigenvalue weighted by Gasteiger charge is 2.30. The van der Waals surface area contributed by atoms with Crippen LogP contribution >= 0.6 is 0 Å². The van der Waals surface area contributed by atoms with Crippen LogP contribution in [0.4, 0.5) is 8.78 Å². The van der Waals surface area contributed by atoms with Crippen molar-refractivity contribution in [2.45, 2.75) is 11.0 Å². The van der Waals surface area contributed by atoms with Crippen molar-refractivity contribution in [1.29, 1.82) is 0 Å². The Labute approximate surface area is 116 Å². The summed E-state index contributed by atoms with van der Waals surface area (Å²) in [5.41, 5.74) is 0. The number of morpholine rings is 1. The molecule has 0 spiro atoms. The quantitative estimate of drug-likeness (QED) is 0.884. The number of likely N-dealkylation sites (N-methyl/N-ethyl adjacent to an activating group) is 1. The van der Waals surface area contributed by atoms with Gasteiger partial charge in [-0.1, -0.05) is 6.07 Å². The van der Waals surface area contributed by atoms with Crippen molar-refractivity contribution in [2.75, 3.05) is 33.3 Å². The number of sulfonamides is 1. The van der Waals surface area contributed by atoms with Gasteiger partial charge in [-0.15, -0.1) is 0 Å². The van der Waals surface area contributed by atoms with Crippen molar-refractivity contribution in [1.82, 2.24) is 9.62 Å². The van der Waals surface area contributed by atoms with Crippen molar-refractivity contribution >= 4 is 10.0 Å². The molecule has 0 aliphatic carbocycles. The summed E-state index contributed by atoms with van der Waals surface area (Å²) >= 11 is 0. The molecule has 20 heavy (non-hydrogen) atoms. The molecule has 1 heterocycles. The Kier molecular flexibility index (Phi) is 4.69. The van der Waals surface area contributed by atoms with Crippen molar-refractivity contribution in [3.05, 3.63) is 29.8 Å². The second kappa shape index (κ2) is 6.13. The first-order valence-electron chi connectivity index (χ1n) is 6.15. The molecule has 0 aromatic heterocycles. The van der Waals surface area contributed by atoms with Gasteiger partial charge in [0.2, 0.25) is 10.0 Å². The number of ether oxygens (including phenoxy) is 1. The highest BCUT2D eigenvalue weighted by molar-refractivity contribution is 7.89. The minimum atomic E-state index is -4.22. The molecule has 5 nitrogen and oxygen atoms in total. The van der Waals surface area contributed by atoms with Gasteiger partial charge in [-0.3, -0.25) is 0 Å². The number of benzene rings is 1. The molecule has 1 saturated heterocycles. The second-order valence-electron chi connectivity index (χ2n) is 4.53. The lowest BCUT2D eigenvalue weighted by molar-refractivity contribution is 0.0206. The summed E-state index contributed by atoms with van der Waals surface area (Å²) in [5, 5.41) is 3.06. The fourth-order valence-corrected chi connectivity index (χ4v) is 3.31. The predicted molar refractivity (Wildman–Crippen MR) is 68.8 cm³/mol. The monoisotopic (exact) mass is 306 g/mol. The van der Waals surface area contributed by atoms with E-state index in [2.05, 4.69) is 5.32 Å². The van der Waals surface area contributed by atoms with Gasteiger partial charge in [0, 0.05) is 26.7 Å². The Morgan fingerprint density at radius 1 is 1.40 bits per heavy atom. The first-order chi connectivity index (χ1) is 9.43. The van der Waals surface area contributed by atoms with Crippen LogP contribution in [-0.4, -0.2) is 52.1 Å². The molecule has 1 aromatic carbocycles. The fourth-order valence-electron chi connectivity index (χ4n) is 2.01. The first kappa shape index (κ1) is 15.3. The Hall–Kier alpha value is -1.09. The summed E-state index contributed by atoms with van der Waals surface area (Å²) in [6.07, 6.45) is -0.335. The topological polar surface area (TPSA) is 58.6 Å². The normalized spacial score (nSPS) is 20.3. The Balaban J connectivity index is 2.21. The average molecular weight is 306 g/mol. The summed E-state index contributed by atoms with van der Waals surface area (Å²) < 4.78 is 57.9. The third-order valence-corrected chi connectivity index (χ3v) is 4.93. The van der Waals surface area contributed by atoms with E-state index < -0.39 is 26.6 Å². The fraction of sp³-hybridized carbons (Fsp3) is 0.500. The van der Waals surface area contributed by atoms with Gasteiger partial charge in [-0.2, -0.15) is 4.31 Å². The molecule has 112 valence electrons. The van der Waals surface area contributed by atoms with Crippen molar-refractivity contribution < 1.29 is 21.9 Å². The largest absolute Gasteiger partial charge is 0.374 e. The molecule has 1 atom stereocenters. The van der Waals surface area contributed by atoms with Gasteiger partial charge in [0.1, 0.15) is 11.6 Å². The van der Waals surface area contributed by atoms with E-state index in [-0.39, 0.29) is 12.6 Å². The minimum absolute atomic E-state index is 0.0309. The Morgan fingerprint density at radius 3 is 2.60 bits per heavy atom. The number of hydrogen-bond donors (Lipinski definition) is 1. The van der Waals surface area contributed by atoms with Gasteiger partial charge in [0.05, 0.1) is 12.7 Å². The second-order valence-corrected chi connectivity index (χ2v) is 6.51. The minimum Gasteiger partial charge on any atom is -0.374 e.